The standard InChI is InChI=1S/C12H22N4O/c13-10-6-14-4-3-11(10)15-7-9-2-1-5-16(9)12(17)8-15/h9-11,14H,1-8,13H2. The number of nitrogens with two attached hydrogens (primary N) is 1. The van der Waals surface area contributed by atoms with Crippen molar-refractivity contribution >= 4 is 5.91 Å². The van der Waals surface area contributed by atoms with Gasteiger partial charge in [-0.25, -0.2) is 0 Å². The zero-order chi connectivity index (χ0) is 11.8. The maximum Gasteiger partial charge on any atom is 0.237 e. The zero-order valence-electron chi connectivity index (χ0n) is 10.3. The lowest BCUT2D eigenvalue weighted by atomic mass is 9.98. The van der Waals surface area contributed by atoms with Crippen molar-refractivity contribution in [3.63, 3.8) is 0 Å². The number of hydrogen-bond donors (Lipinski definition) is 2. The molecular weight excluding hydrogens is 216 g/mol. The maximum absolute atomic E-state index is 12.1. The van der Waals surface area contributed by atoms with Crippen LogP contribution in [0.5, 0.6) is 0 Å². The second-order valence-electron chi connectivity index (χ2n) is 5.54. The molecule has 3 N–H and O–H groups in total. The number of nitrogens with one attached hydrogen (secondary N) is 1. The van der Waals surface area contributed by atoms with Gasteiger partial charge in [0.05, 0.1) is 6.54 Å². The lowest BCUT2D eigenvalue weighted by Gasteiger charge is -2.44. The molecule has 0 radical (unpaired) electrons. The first-order valence-electron chi connectivity index (χ1n) is 6.75. The molecule has 0 spiro atoms. The Morgan fingerprint density at radius 3 is 3.06 bits per heavy atom. The van der Waals surface area contributed by atoms with Crippen molar-refractivity contribution in [2.45, 2.75) is 37.4 Å². The van der Waals surface area contributed by atoms with E-state index in [0.717, 1.165) is 32.6 Å². The molecule has 96 valence electrons. The van der Waals surface area contributed by atoms with Crippen molar-refractivity contribution in [3.8, 4) is 0 Å². The van der Waals surface area contributed by atoms with E-state index in [0.29, 0.717) is 24.5 Å². The minimum atomic E-state index is 0.171. The van der Waals surface area contributed by atoms with Gasteiger partial charge in [0.15, 0.2) is 0 Å². The molecule has 3 fully saturated rings. The van der Waals surface area contributed by atoms with Crippen LogP contribution < -0.4 is 11.1 Å². The average molecular weight is 238 g/mol. The molecular formula is C12H22N4O. The molecule has 3 aliphatic rings. The second kappa shape index (κ2) is 4.55. The highest BCUT2D eigenvalue weighted by Crippen LogP contribution is 2.25. The number of carbonyl (C=O) groups is 1. The Morgan fingerprint density at radius 1 is 1.35 bits per heavy atom. The van der Waals surface area contributed by atoms with Crippen molar-refractivity contribution in [3.05, 3.63) is 0 Å². The van der Waals surface area contributed by atoms with Gasteiger partial charge in [-0.1, -0.05) is 0 Å². The average Bonchev–Trinajstić information content (AvgIpc) is 2.78. The smallest absolute Gasteiger partial charge is 0.237 e. The van der Waals surface area contributed by atoms with Gasteiger partial charge >= 0.3 is 0 Å². The summed E-state index contributed by atoms with van der Waals surface area (Å²) in [5, 5.41) is 3.31. The number of amides is 1. The number of carbonyl (C=O) groups excluding carboxylic acids is 1. The largest absolute Gasteiger partial charge is 0.337 e. The molecule has 3 aliphatic heterocycles. The minimum absolute atomic E-state index is 0.171. The normalized spacial score (nSPS) is 39.5. The Labute approximate surface area is 102 Å². The van der Waals surface area contributed by atoms with Crippen LogP contribution in [0.4, 0.5) is 0 Å². The first-order chi connectivity index (χ1) is 8.25. The summed E-state index contributed by atoms with van der Waals surface area (Å²) in [6, 6.07) is 1.02. The summed E-state index contributed by atoms with van der Waals surface area (Å²) >= 11 is 0. The Balaban J connectivity index is 1.69. The SMILES string of the molecule is NC1CNCCC1N1CC(=O)N2CCCC2C1. The fourth-order valence-corrected chi connectivity index (χ4v) is 3.53. The van der Waals surface area contributed by atoms with E-state index in [1.807, 2.05) is 0 Å². The fraction of sp³-hybridized carbons (Fsp3) is 0.917. The van der Waals surface area contributed by atoms with Gasteiger partial charge in [0.25, 0.3) is 0 Å². The van der Waals surface area contributed by atoms with Crippen LogP contribution in [0.2, 0.25) is 0 Å². The zero-order valence-corrected chi connectivity index (χ0v) is 10.3. The fourth-order valence-electron chi connectivity index (χ4n) is 3.53. The lowest BCUT2D eigenvalue weighted by Crippen LogP contribution is -2.63. The third-order valence-electron chi connectivity index (χ3n) is 4.44. The number of piperazine rings is 1. The first kappa shape index (κ1) is 11.4. The third kappa shape index (κ3) is 2.07. The molecule has 3 saturated heterocycles. The van der Waals surface area contributed by atoms with E-state index >= 15 is 0 Å². The molecule has 3 atom stereocenters. The van der Waals surface area contributed by atoms with Gasteiger partial charge in [-0.3, -0.25) is 9.69 Å². The van der Waals surface area contributed by atoms with E-state index in [1.54, 1.807) is 0 Å². The van der Waals surface area contributed by atoms with Gasteiger partial charge in [-0.05, 0) is 25.8 Å². The van der Waals surface area contributed by atoms with E-state index in [1.165, 1.54) is 12.8 Å². The molecule has 3 heterocycles. The van der Waals surface area contributed by atoms with Crippen molar-refractivity contribution in [2.75, 3.05) is 32.7 Å². The monoisotopic (exact) mass is 238 g/mol. The van der Waals surface area contributed by atoms with Crippen LogP contribution in [0, 0.1) is 0 Å². The summed E-state index contributed by atoms with van der Waals surface area (Å²) in [6.07, 6.45) is 3.41. The summed E-state index contributed by atoms with van der Waals surface area (Å²) in [4.78, 5) is 16.5. The van der Waals surface area contributed by atoms with E-state index in [2.05, 4.69) is 15.1 Å². The maximum atomic E-state index is 12.1. The third-order valence-corrected chi connectivity index (χ3v) is 4.44. The summed E-state index contributed by atoms with van der Waals surface area (Å²) in [7, 11) is 0. The molecule has 3 unspecified atom stereocenters. The highest BCUT2D eigenvalue weighted by atomic mass is 16.2. The molecule has 0 aromatic rings. The minimum Gasteiger partial charge on any atom is -0.337 e. The Bertz CT molecular complexity index is 309. The van der Waals surface area contributed by atoms with E-state index in [-0.39, 0.29) is 6.04 Å². The molecule has 5 heteroatoms. The summed E-state index contributed by atoms with van der Waals surface area (Å²) in [5.41, 5.74) is 6.16. The molecule has 0 aliphatic carbocycles. The van der Waals surface area contributed by atoms with E-state index < -0.39 is 0 Å². The molecule has 0 aromatic carbocycles. The summed E-state index contributed by atoms with van der Waals surface area (Å²) < 4.78 is 0. The number of nitrogens with zero attached hydrogens (tertiary/aromatic N) is 2. The number of hydrogen-bond acceptors (Lipinski definition) is 4. The Kier molecular flexibility index (Phi) is 3.06. The van der Waals surface area contributed by atoms with Gasteiger partial charge in [-0.2, -0.15) is 0 Å². The van der Waals surface area contributed by atoms with Crippen LogP contribution in [0.3, 0.4) is 0 Å². The first-order valence-corrected chi connectivity index (χ1v) is 6.75. The molecule has 5 nitrogen and oxygen atoms in total. The van der Waals surface area contributed by atoms with E-state index in [9.17, 15) is 4.79 Å². The second-order valence-corrected chi connectivity index (χ2v) is 5.54. The van der Waals surface area contributed by atoms with Crippen molar-refractivity contribution < 1.29 is 4.79 Å². The van der Waals surface area contributed by atoms with Crippen LogP contribution in [-0.2, 0) is 4.79 Å². The van der Waals surface area contributed by atoms with Gasteiger partial charge in [0, 0.05) is 37.8 Å². The number of fused-ring (bicyclic) bond motifs is 1. The van der Waals surface area contributed by atoms with Gasteiger partial charge < -0.3 is 16.0 Å². The molecule has 0 saturated carbocycles. The van der Waals surface area contributed by atoms with Crippen LogP contribution >= 0.6 is 0 Å². The molecule has 0 bridgehead atoms. The highest BCUT2D eigenvalue weighted by molar-refractivity contribution is 5.79. The van der Waals surface area contributed by atoms with Gasteiger partial charge in [0.1, 0.15) is 0 Å². The number of rotatable bonds is 1. The Hall–Kier alpha value is -0.650. The van der Waals surface area contributed by atoms with Crippen molar-refractivity contribution in [1.82, 2.24) is 15.1 Å². The predicted octanol–water partition coefficient (Wildman–Crippen LogP) is -1.02. The van der Waals surface area contributed by atoms with Crippen LogP contribution in [0.1, 0.15) is 19.3 Å². The molecule has 0 aromatic heterocycles. The van der Waals surface area contributed by atoms with Crippen molar-refractivity contribution in [1.29, 1.82) is 0 Å². The molecule has 17 heavy (non-hydrogen) atoms. The van der Waals surface area contributed by atoms with Gasteiger partial charge in [-0.15, -0.1) is 0 Å². The summed E-state index contributed by atoms with van der Waals surface area (Å²) in [6.45, 7) is 4.48. The lowest BCUT2D eigenvalue weighted by molar-refractivity contribution is -0.139. The predicted molar refractivity (Wildman–Crippen MR) is 65.6 cm³/mol. The highest BCUT2D eigenvalue weighted by Gasteiger charge is 2.39. The van der Waals surface area contributed by atoms with Crippen LogP contribution in [0.25, 0.3) is 0 Å². The van der Waals surface area contributed by atoms with Crippen LogP contribution in [0.15, 0.2) is 0 Å². The molecule has 3 rings (SSSR count). The molecule has 1 amide bonds. The topological polar surface area (TPSA) is 61.6 Å². The Morgan fingerprint density at radius 2 is 2.24 bits per heavy atom. The van der Waals surface area contributed by atoms with E-state index in [4.69, 9.17) is 5.73 Å². The summed E-state index contributed by atoms with van der Waals surface area (Å²) in [5.74, 6) is 0.310. The number of piperidine rings is 1. The van der Waals surface area contributed by atoms with Gasteiger partial charge in [0.2, 0.25) is 5.91 Å². The quantitative estimate of drug-likeness (QED) is 0.614. The van der Waals surface area contributed by atoms with Crippen LogP contribution in [-0.4, -0.2) is 66.6 Å². The van der Waals surface area contributed by atoms with Crippen molar-refractivity contribution in [2.24, 2.45) is 5.73 Å².